The van der Waals surface area contributed by atoms with Crippen molar-refractivity contribution in [2.24, 2.45) is 5.92 Å². The van der Waals surface area contributed by atoms with Crippen molar-refractivity contribution >= 4 is 11.4 Å². The highest BCUT2D eigenvalue weighted by molar-refractivity contribution is 5.54. The average molecular weight is 617 g/mol. The second kappa shape index (κ2) is 13.5. The lowest BCUT2D eigenvalue weighted by molar-refractivity contribution is -0.193. The van der Waals surface area contributed by atoms with E-state index in [4.69, 9.17) is 14.2 Å². The van der Waals surface area contributed by atoms with Crippen LogP contribution in [0, 0.1) is 5.92 Å². The Morgan fingerprint density at radius 2 is 1.49 bits per heavy atom. The summed E-state index contributed by atoms with van der Waals surface area (Å²) in [6.45, 7) is 13.4. The van der Waals surface area contributed by atoms with Gasteiger partial charge < -0.3 is 24.0 Å². The lowest BCUT2D eigenvalue weighted by Crippen LogP contribution is -2.46. The molecule has 2 aliphatic heterocycles. The highest BCUT2D eigenvalue weighted by atomic mass is 16.8. The van der Waals surface area contributed by atoms with Gasteiger partial charge in [-0.25, -0.2) is 14.0 Å². The van der Waals surface area contributed by atoms with Gasteiger partial charge in [0.1, 0.15) is 31.3 Å². The molecule has 3 unspecified atom stereocenters. The zero-order valence-corrected chi connectivity index (χ0v) is 26.7. The lowest BCUT2D eigenvalue weighted by atomic mass is 10.0. The van der Waals surface area contributed by atoms with Crippen LogP contribution in [-0.4, -0.2) is 80.6 Å². The normalized spacial score (nSPS) is 21.0. The fraction of sp³-hybridized carbons (Fsp3) is 0.515. The fourth-order valence-electron chi connectivity index (χ4n) is 6.07. The van der Waals surface area contributed by atoms with E-state index >= 15 is 0 Å². The molecule has 12 nitrogen and oxygen atoms in total. The van der Waals surface area contributed by atoms with Gasteiger partial charge in [-0.1, -0.05) is 20.8 Å². The Morgan fingerprint density at radius 1 is 0.889 bits per heavy atom. The van der Waals surface area contributed by atoms with Crippen molar-refractivity contribution in [3.63, 3.8) is 0 Å². The van der Waals surface area contributed by atoms with Crippen molar-refractivity contribution in [3.8, 4) is 11.4 Å². The summed E-state index contributed by atoms with van der Waals surface area (Å²) in [7, 11) is 0. The second-order valence-electron chi connectivity index (χ2n) is 12.4. The van der Waals surface area contributed by atoms with E-state index in [9.17, 15) is 4.79 Å². The highest BCUT2D eigenvalue weighted by Crippen LogP contribution is 2.32. The van der Waals surface area contributed by atoms with Gasteiger partial charge in [-0.05, 0) is 67.8 Å². The van der Waals surface area contributed by atoms with Crippen molar-refractivity contribution < 1.29 is 14.2 Å². The quantitative estimate of drug-likeness (QED) is 0.232. The van der Waals surface area contributed by atoms with Crippen LogP contribution in [0.25, 0.3) is 5.69 Å². The maximum Gasteiger partial charge on any atom is 0.350 e. The van der Waals surface area contributed by atoms with Gasteiger partial charge in [0.05, 0.1) is 30.7 Å². The minimum Gasteiger partial charge on any atom is -0.491 e. The van der Waals surface area contributed by atoms with E-state index in [0.29, 0.717) is 25.7 Å². The minimum atomic E-state index is -0.744. The smallest absolute Gasteiger partial charge is 0.350 e. The topological polar surface area (TPSA) is 105 Å². The first-order valence-corrected chi connectivity index (χ1v) is 16.0. The van der Waals surface area contributed by atoms with Gasteiger partial charge in [-0.3, -0.25) is 0 Å². The minimum absolute atomic E-state index is 0.0760. The molecule has 2 saturated heterocycles. The highest BCUT2D eigenvalue weighted by Gasteiger charge is 2.43. The van der Waals surface area contributed by atoms with Crippen LogP contribution in [0.3, 0.4) is 0 Å². The molecule has 240 valence electrons. The van der Waals surface area contributed by atoms with Gasteiger partial charge in [0.15, 0.2) is 5.79 Å². The van der Waals surface area contributed by atoms with Gasteiger partial charge >= 0.3 is 5.69 Å². The Kier molecular flexibility index (Phi) is 9.22. The molecule has 0 saturated carbocycles. The first-order chi connectivity index (χ1) is 21.8. The Morgan fingerprint density at radius 3 is 2.09 bits per heavy atom. The summed E-state index contributed by atoms with van der Waals surface area (Å²) in [5.74, 6) is 0.468. The van der Waals surface area contributed by atoms with Gasteiger partial charge in [-0.15, -0.1) is 0 Å². The molecule has 45 heavy (non-hydrogen) atoms. The molecule has 2 fully saturated rings. The number of aromatic nitrogens is 6. The zero-order valence-electron chi connectivity index (χ0n) is 26.7. The maximum atomic E-state index is 12.8. The van der Waals surface area contributed by atoms with Crippen LogP contribution in [0.2, 0.25) is 0 Å². The monoisotopic (exact) mass is 616 g/mol. The predicted octanol–water partition coefficient (Wildman–Crippen LogP) is 4.16. The summed E-state index contributed by atoms with van der Waals surface area (Å²) in [4.78, 5) is 19.2. The third-order valence-corrected chi connectivity index (χ3v) is 8.59. The molecular formula is C33H44N8O4. The van der Waals surface area contributed by atoms with Crippen LogP contribution in [0.1, 0.15) is 46.6 Å². The van der Waals surface area contributed by atoms with Gasteiger partial charge in [-0.2, -0.15) is 20.1 Å². The van der Waals surface area contributed by atoms with Crippen LogP contribution >= 0.6 is 0 Å². The third kappa shape index (κ3) is 7.07. The van der Waals surface area contributed by atoms with Crippen LogP contribution in [0.15, 0.2) is 72.0 Å². The first-order valence-electron chi connectivity index (χ1n) is 16.0. The average Bonchev–Trinajstić information content (AvgIpc) is 3.81. The van der Waals surface area contributed by atoms with E-state index in [-0.39, 0.29) is 17.8 Å². The molecule has 2 aliphatic rings. The summed E-state index contributed by atoms with van der Waals surface area (Å²) in [6.07, 6.45) is 6.39. The largest absolute Gasteiger partial charge is 0.491 e. The van der Waals surface area contributed by atoms with E-state index in [1.54, 1.807) is 32.8 Å². The van der Waals surface area contributed by atoms with Gasteiger partial charge in [0.2, 0.25) is 0 Å². The maximum absolute atomic E-state index is 12.8. The Balaban J connectivity index is 0.986. The second-order valence-corrected chi connectivity index (χ2v) is 12.4. The molecule has 4 heterocycles. The Labute approximate surface area is 264 Å². The molecule has 0 amide bonds. The summed E-state index contributed by atoms with van der Waals surface area (Å²) in [5.41, 5.74) is 3.05. The van der Waals surface area contributed by atoms with E-state index in [2.05, 4.69) is 70.1 Å². The fourth-order valence-corrected chi connectivity index (χ4v) is 6.07. The summed E-state index contributed by atoms with van der Waals surface area (Å²) in [5, 5.41) is 12.8. The molecule has 3 atom stereocenters. The molecular weight excluding hydrogens is 572 g/mol. The van der Waals surface area contributed by atoms with Crippen molar-refractivity contribution in [3.05, 3.63) is 77.7 Å². The number of anilines is 2. The summed E-state index contributed by atoms with van der Waals surface area (Å²) >= 11 is 0. The first kappa shape index (κ1) is 30.8. The molecule has 12 heteroatoms. The predicted molar refractivity (Wildman–Crippen MR) is 172 cm³/mol. The molecule has 0 spiro atoms. The number of rotatable bonds is 12. The molecule has 2 aromatic heterocycles. The van der Waals surface area contributed by atoms with Gasteiger partial charge in [0, 0.05) is 44.0 Å². The zero-order chi connectivity index (χ0) is 31.4. The van der Waals surface area contributed by atoms with Gasteiger partial charge in [0.25, 0.3) is 0 Å². The molecule has 0 radical (unpaired) electrons. The number of hydrogen-bond donors (Lipinski definition) is 0. The third-order valence-electron chi connectivity index (χ3n) is 8.59. The Hall–Kier alpha value is -4.16. The van der Waals surface area contributed by atoms with Crippen LogP contribution in [0.5, 0.6) is 5.75 Å². The van der Waals surface area contributed by atoms with Crippen molar-refractivity contribution in [1.29, 1.82) is 0 Å². The van der Waals surface area contributed by atoms with Crippen LogP contribution in [0.4, 0.5) is 11.4 Å². The van der Waals surface area contributed by atoms with E-state index in [1.807, 2.05) is 31.2 Å². The molecule has 6 rings (SSSR count). The molecule has 4 aromatic rings. The summed E-state index contributed by atoms with van der Waals surface area (Å²) in [6, 6.07) is 16.5. The number of nitrogens with zero attached hydrogens (tertiary/aromatic N) is 8. The number of piperazine rings is 1. The molecule has 2 aromatic carbocycles. The lowest BCUT2D eigenvalue weighted by Gasteiger charge is -2.37. The van der Waals surface area contributed by atoms with Crippen molar-refractivity contribution in [2.45, 2.75) is 65.0 Å². The summed E-state index contributed by atoms with van der Waals surface area (Å²) < 4.78 is 21.8. The Bertz CT molecular complexity index is 1560. The number of hydrogen-bond acceptors (Lipinski definition) is 9. The van der Waals surface area contributed by atoms with E-state index in [0.717, 1.165) is 56.1 Å². The molecule has 0 bridgehead atoms. The van der Waals surface area contributed by atoms with Crippen LogP contribution in [-0.2, 0) is 16.0 Å². The van der Waals surface area contributed by atoms with E-state index < -0.39 is 5.79 Å². The van der Waals surface area contributed by atoms with Crippen molar-refractivity contribution in [1.82, 2.24) is 29.3 Å². The number of benzene rings is 2. The van der Waals surface area contributed by atoms with Crippen LogP contribution < -0.4 is 20.2 Å². The number of ether oxygens (including phenoxy) is 3. The standard InChI is InChI=1S/C33H44N8O4/c1-5-26(4)41-32(42)39(24-36-41)29-8-6-27(7-9-29)37-16-18-38(19-17-37)28-10-12-30(13-11-28)43-21-31-22-44-33(45-31,20-25(2)3)23-40-34-14-15-35-40/h6-15,24-26,31H,5,16-23H2,1-4H3. The van der Waals surface area contributed by atoms with E-state index in [1.165, 1.54) is 5.69 Å². The molecule has 0 N–H and O–H groups in total. The SMILES string of the molecule is CCC(C)n1ncn(-c2ccc(N3CCN(c4ccc(OCC5COC(CC(C)C)(Cn6nccn6)O5)cc4)CC3)cc2)c1=O. The van der Waals surface area contributed by atoms with Crippen molar-refractivity contribution in [2.75, 3.05) is 49.2 Å². The molecule has 0 aliphatic carbocycles.